The Labute approximate surface area is 85.9 Å². The first-order chi connectivity index (χ1) is 5.57. The van der Waals surface area contributed by atoms with E-state index in [1.54, 1.807) is 0 Å². The van der Waals surface area contributed by atoms with Crippen molar-refractivity contribution in [3.8, 4) is 0 Å². The topological polar surface area (TPSA) is 29.9 Å². The van der Waals surface area contributed by atoms with Crippen molar-refractivity contribution in [1.29, 1.82) is 0 Å². The summed E-state index contributed by atoms with van der Waals surface area (Å²) in [5.74, 6) is 0. The third-order valence-corrected chi connectivity index (χ3v) is 2.43. The maximum absolute atomic E-state index is 4.36. The van der Waals surface area contributed by atoms with Crippen LogP contribution in [0.15, 0.2) is 0 Å². The number of rotatable bonds is 2. The molecule has 0 saturated carbocycles. The molecule has 0 aliphatic rings. The third kappa shape index (κ3) is 2.23. The van der Waals surface area contributed by atoms with Gasteiger partial charge in [-0.15, -0.1) is 12.4 Å². The van der Waals surface area contributed by atoms with Gasteiger partial charge in [0.1, 0.15) is 0 Å². The highest BCUT2D eigenvalue weighted by Gasteiger charge is 2.13. The Bertz CT molecular complexity index is 281. The van der Waals surface area contributed by atoms with Gasteiger partial charge in [0.15, 0.2) is 0 Å². The highest BCUT2D eigenvalue weighted by Crippen LogP contribution is 2.19. The van der Waals surface area contributed by atoms with Crippen LogP contribution in [0.5, 0.6) is 0 Å². The number of aromatic nitrogens is 2. The minimum Gasteiger partial charge on any atom is -0.313 e. The molecule has 1 aromatic heterocycles. The largest absolute Gasteiger partial charge is 0.313 e. The lowest BCUT2D eigenvalue weighted by Gasteiger charge is -2.10. The van der Waals surface area contributed by atoms with Gasteiger partial charge in [0, 0.05) is 24.3 Å². The van der Waals surface area contributed by atoms with E-state index in [4.69, 9.17) is 0 Å². The molecular weight excluding hydrogens is 186 g/mol. The Balaban J connectivity index is 0.00000144. The average Bonchev–Trinajstić information content (AvgIpc) is 2.26. The van der Waals surface area contributed by atoms with Crippen molar-refractivity contribution in [2.45, 2.75) is 26.8 Å². The van der Waals surface area contributed by atoms with E-state index in [-0.39, 0.29) is 12.4 Å². The summed E-state index contributed by atoms with van der Waals surface area (Å²) in [4.78, 5) is 0. The zero-order valence-corrected chi connectivity index (χ0v) is 9.70. The molecule has 0 saturated heterocycles. The fourth-order valence-electron chi connectivity index (χ4n) is 1.56. The van der Waals surface area contributed by atoms with Gasteiger partial charge >= 0.3 is 0 Å². The van der Waals surface area contributed by atoms with Crippen LogP contribution in [0.4, 0.5) is 0 Å². The van der Waals surface area contributed by atoms with Crippen molar-refractivity contribution in [3.63, 3.8) is 0 Å². The van der Waals surface area contributed by atoms with Gasteiger partial charge in [-0.25, -0.2) is 0 Å². The highest BCUT2D eigenvalue weighted by atomic mass is 35.5. The zero-order valence-electron chi connectivity index (χ0n) is 8.88. The lowest BCUT2D eigenvalue weighted by molar-refractivity contribution is 0.641. The molecule has 4 heteroatoms. The van der Waals surface area contributed by atoms with Crippen LogP contribution in [0.25, 0.3) is 0 Å². The van der Waals surface area contributed by atoms with Crippen LogP contribution in [0.3, 0.4) is 0 Å². The summed E-state index contributed by atoms with van der Waals surface area (Å²) in [5, 5.41) is 7.58. The van der Waals surface area contributed by atoms with Crippen LogP contribution in [0.2, 0.25) is 0 Å². The van der Waals surface area contributed by atoms with Crippen molar-refractivity contribution in [2.24, 2.45) is 7.05 Å². The number of hydrogen-bond donors (Lipinski definition) is 1. The molecule has 0 bridgehead atoms. The molecular formula is C9H18ClN3. The minimum atomic E-state index is 0. The van der Waals surface area contributed by atoms with Gasteiger partial charge in [0.05, 0.1) is 5.69 Å². The molecule has 3 nitrogen and oxygen atoms in total. The van der Waals surface area contributed by atoms with Crippen molar-refractivity contribution in [1.82, 2.24) is 15.1 Å². The van der Waals surface area contributed by atoms with E-state index in [1.807, 2.05) is 18.8 Å². The van der Waals surface area contributed by atoms with Gasteiger partial charge in [-0.1, -0.05) is 0 Å². The molecule has 0 fully saturated rings. The SMILES string of the molecule is CNC(C)c1c(C)nn(C)c1C.Cl. The number of hydrogen-bond acceptors (Lipinski definition) is 2. The standard InChI is InChI=1S/C9H17N3.ClH/c1-6(10-4)9-7(2)11-12(5)8(9)3;/h6,10H,1-5H3;1H. The summed E-state index contributed by atoms with van der Waals surface area (Å²) in [6, 6.07) is 0.388. The van der Waals surface area contributed by atoms with Gasteiger partial charge in [-0.3, -0.25) is 4.68 Å². The Morgan fingerprint density at radius 2 is 1.92 bits per heavy atom. The van der Waals surface area contributed by atoms with E-state index >= 15 is 0 Å². The Hall–Kier alpha value is -0.540. The molecule has 1 rings (SSSR count). The smallest absolute Gasteiger partial charge is 0.0644 e. The van der Waals surface area contributed by atoms with Crippen LogP contribution >= 0.6 is 12.4 Å². The Morgan fingerprint density at radius 3 is 2.23 bits per heavy atom. The van der Waals surface area contributed by atoms with Crippen molar-refractivity contribution >= 4 is 12.4 Å². The molecule has 0 amide bonds. The summed E-state index contributed by atoms with van der Waals surface area (Å²) in [6.45, 7) is 6.30. The average molecular weight is 204 g/mol. The second-order valence-electron chi connectivity index (χ2n) is 3.22. The van der Waals surface area contributed by atoms with Crippen LogP contribution in [-0.4, -0.2) is 16.8 Å². The molecule has 1 N–H and O–H groups in total. The molecule has 1 aromatic rings. The third-order valence-electron chi connectivity index (χ3n) is 2.43. The summed E-state index contributed by atoms with van der Waals surface area (Å²) in [6.07, 6.45) is 0. The van der Waals surface area contributed by atoms with Gasteiger partial charge in [0.25, 0.3) is 0 Å². The van der Waals surface area contributed by atoms with Crippen LogP contribution in [0.1, 0.15) is 29.9 Å². The van der Waals surface area contributed by atoms with E-state index in [0.717, 1.165) is 5.69 Å². The highest BCUT2D eigenvalue weighted by molar-refractivity contribution is 5.85. The van der Waals surface area contributed by atoms with E-state index in [2.05, 4.69) is 31.2 Å². The summed E-state index contributed by atoms with van der Waals surface area (Å²) in [5.41, 5.74) is 3.69. The zero-order chi connectivity index (χ0) is 9.30. The molecule has 0 aliphatic heterocycles. The van der Waals surface area contributed by atoms with E-state index < -0.39 is 0 Å². The van der Waals surface area contributed by atoms with Crippen LogP contribution in [-0.2, 0) is 7.05 Å². The van der Waals surface area contributed by atoms with E-state index in [9.17, 15) is 0 Å². The summed E-state index contributed by atoms with van der Waals surface area (Å²) >= 11 is 0. The molecule has 0 aliphatic carbocycles. The first-order valence-electron chi connectivity index (χ1n) is 4.25. The first-order valence-corrected chi connectivity index (χ1v) is 4.25. The van der Waals surface area contributed by atoms with Gasteiger partial charge in [-0.2, -0.15) is 5.10 Å². The molecule has 1 atom stereocenters. The molecule has 1 unspecified atom stereocenters. The molecule has 0 radical (unpaired) electrons. The monoisotopic (exact) mass is 203 g/mol. The minimum absolute atomic E-state index is 0. The van der Waals surface area contributed by atoms with Crippen LogP contribution in [0, 0.1) is 13.8 Å². The quantitative estimate of drug-likeness (QED) is 0.794. The van der Waals surface area contributed by atoms with E-state index in [1.165, 1.54) is 11.3 Å². The molecule has 1 heterocycles. The fourth-order valence-corrected chi connectivity index (χ4v) is 1.56. The maximum Gasteiger partial charge on any atom is 0.0644 e. The van der Waals surface area contributed by atoms with Gasteiger partial charge in [0.2, 0.25) is 0 Å². The van der Waals surface area contributed by atoms with Crippen LogP contribution < -0.4 is 5.32 Å². The molecule has 76 valence electrons. The number of nitrogens with one attached hydrogen (secondary N) is 1. The predicted molar refractivity (Wildman–Crippen MR) is 57.4 cm³/mol. The normalized spacial score (nSPS) is 12.4. The first kappa shape index (κ1) is 12.5. The van der Waals surface area contributed by atoms with Gasteiger partial charge < -0.3 is 5.32 Å². The molecule has 0 spiro atoms. The molecule has 13 heavy (non-hydrogen) atoms. The Kier molecular flexibility index (Phi) is 4.44. The maximum atomic E-state index is 4.36. The van der Waals surface area contributed by atoms with Crippen molar-refractivity contribution < 1.29 is 0 Å². The lowest BCUT2D eigenvalue weighted by Crippen LogP contribution is -2.14. The summed E-state index contributed by atoms with van der Waals surface area (Å²) in [7, 11) is 3.95. The number of nitrogens with zero attached hydrogens (tertiary/aromatic N) is 2. The lowest BCUT2D eigenvalue weighted by atomic mass is 10.1. The Morgan fingerprint density at radius 1 is 1.38 bits per heavy atom. The van der Waals surface area contributed by atoms with Crippen molar-refractivity contribution in [2.75, 3.05) is 7.05 Å². The van der Waals surface area contributed by atoms with Gasteiger partial charge in [-0.05, 0) is 27.8 Å². The fraction of sp³-hybridized carbons (Fsp3) is 0.667. The van der Waals surface area contributed by atoms with E-state index in [0.29, 0.717) is 6.04 Å². The number of aryl methyl sites for hydroxylation is 2. The second-order valence-corrected chi connectivity index (χ2v) is 3.22. The van der Waals surface area contributed by atoms with Crippen molar-refractivity contribution in [3.05, 3.63) is 17.0 Å². The second kappa shape index (κ2) is 4.63. The summed E-state index contributed by atoms with van der Waals surface area (Å²) < 4.78 is 1.93. The predicted octanol–water partition coefficient (Wildman–Crippen LogP) is 1.74. The number of halogens is 1. The molecule has 0 aromatic carbocycles.